The molecule has 1 aromatic heterocycles. The number of pyridine rings is 1. The number of hydrogen-bond donors (Lipinski definition) is 1. The number of benzene rings is 2. The van der Waals surface area contributed by atoms with Crippen LogP contribution in [0.3, 0.4) is 0 Å². The van der Waals surface area contributed by atoms with Crippen LogP contribution in [-0.2, 0) is 0 Å². The highest BCUT2D eigenvalue weighted by Crippen LogP contribution is 2.40. The smallest absolute Gasteiger partial charge is 0.105 e. The van der Waals surface area contributed by atoms with Gasteiger partial charge in [-0.3, -0.25) is 0 Å². The molecule has 1 heterocycles. The second-order valence-electron chi connectivity index (χ2n) is 6.39. The Kier molecular flexibility index (Phi) is 4.42. The minimum Gasteiger partial charge on any atom is -0.327 e. The Labute approximate surface area is 142 Å². The van der Waals surface area contributed by atoms with Crippen LogP contribution in [0.4, 0.5) is 0 Å². The number of nitrogens with zero attached hydrogens (tertiary/aromatic N) is 1. The van der Waals surface area contributed by atoms with Crippen LogP contribution in [0.5, 0.6) is 0 Å². The van der Waals surface area contributed by atoms with E-state index in [1.54, 1.807) is 11.8 Å². The number of hydrogen-bond acceptors (Lipinski definition) is 3. The summed E-state index contributed by atoms with van der Waals surface area (Å²) in [4.78, 5) is 4.93. The van der Waals surface area contributed by atoms with Gasteiger partial charge in [0.15, 0.2) is 0 Å². The van der Waals surface area contributed by atoms with Crippen LogP contribution in [0.2, 0.25) is 0 Å². The third-order valence-electron chi connectivity index (χ3n) is 4.23. The molecule has 2 N–H and O–H groups in total. The van der Waals surface area contributed by atoms with E-state index in [0.717, 1.165) is 15.9 Å². The zero-order chi connectivity index (χ0) is 16.4. The first-order chi connectivity index (χ1) is 11.0. The molecule has 3 heteroatoms. The average molecular weight is 322 g/mol. The second-order valence-corrected chi connectivity index (χ2v) is 8.04. The van der Waals surface area contributed by atoms with Gasteiger partial charge in [0.25, 0.3) is 0 Å². The Hall–Kier alpha value is -1.84. The zero-order valence-electron chi connectivity index (χ0n) is 13.8. The summed E-state index contributed by atoms with van der Waals surface area (Å²) in [5.74, 6) is 0. The van der Waals surface area contributed by atoms with Crippen molar-refractivity contribution in [3.63, 3.8) is 0 Å². The van der Waals surface area contributed by atoms with Crippen LogP contribution in [0.1, 0.15) is 20.8 Å². The van der Waals surface area contributed by atoms with Gasteiger partial charge in [0.1, 0.15) is 5.03 Å². The summed E-state index contributed by atoms with van der Waals surface area (Å²) < 4.78 is -0.0843. The van der Waals surface area contributed by atoms with Gasteiger partial charge in [0.2, 0.25) is 0 Å². The molecule has 0 radical (unpaired) electrons. The van der Waals surface area contributed by atoms with Crippen molar-refractivity contribution in [3.8, 4) is 11.1 Å². The van der Waals surface area contributed by atoms with Crippen LogP contribution in [-0.4, -0.2) is 15.8 Å². The first kappa shape index (κ1) is 16.0. The van der Waals surface area contributed by atoms with Gasteiger partial charge in [0, 0.05) is 21.7 Å². The Balaban J connectivity index is 2.17. The molecule has 2 aromatic carbocycles. The minimum absolute atomic E-state index is 0.0735. The third kappa shape index (κ3) is 3.41. The molecule has 3 aromatic rings. The van der Waals surface area contributed by atoms with Gasteiger partial charge in [-0.2, -0.15) is 0 Å². The van der Waals surface area contributed by atoms with Crippen molar-refractivity contribution in [2.45, 2.75) is 36.6 Å². The van der Waals surface area contributed by atoms with Gasteiger partial charge < -0.3 is 5.73 Å². The first-order valence-corrected chi connectivity index (χ1v) is 8.69. The maximum atomic E-state index is 6.17. The normalized spacial score (nSPS) is 13.2. The van der Waals surface area contributed by atoms with Gasteiger partial charge in [-0.1, -0.05) is 60.3 Å². The van der Waals surface area contributed by atoms with E-state index in [1.165, 1.54) is 11.1 Å². The third-order valence-corrected chi connectivity index (χ3v) is 5.63. The van der Waals surface area contributed by atoms with Gasteiger partial charge in [0.05, 0.1) is 5.52 Å². The van der Waals surface area contributed by atoms with Crippen LogP contribution < -0.4 is 5.73 Å². The molecule has 0 spiro atoms. The lowest BCUT2D eigenvalue weighted by molar-refractivity contribution is 0.577. The summed E-state index contributed by atoms with van der Waals surface area (Å²) in [6.07, 6.45) is 0. The molecule has 0 saturated carbocycles. The van der Waals surface area contributed by atoms with Crippen LogP contribution in [0.15, 0.2) is 65.7 Å². The topological polar surface area (TPSA) is 38.9 Å². The number of fused-ring (bicyclic) bond motifs is 1. The van der Waals surface area contributed by atoms with Gasteiger partial charge >= 0.3 is 0 Å². The molecule has 0 aliphatic rings. The predicted molar refractivity (Wildman–Crippen MR) is 101 cm³/mol. The van der Waals surface area contributed by atoms with Crippen LogP contribution in [0, 0.1) is 0 Å². The highest BCUT2D eigenvalue weighted by atomic mass is 32.2. The van der Waals surface area contributed by atoms with Crippen molar-refractivity contribution >= 4 is 22.7 Å². The fraction of sp³-hybridized carbons (Fsp3) is 0.250. The molecule has 0 bridgehead atoms. The van der Waals surface area contributed by atoms with E-state index >= 15 is 0 Å². The van der Waals surface area contributed by atoms with Crippen molar-refractivity contribution in [1.82, 2.24) is 4.98 Å². The van der Waals surface area contributed by atoms with E-state index in [1.807, 2.05) is 12.1 Å². The van der Waals surface area contributed by atoms with E-state index < -0.39 is 0 Å². The minimum atomic E-state index is -0.0843. The maximum absolute atomic E-state index is 6.17. The Morgan fingerprint density at radius 1 is 1.00 bits per heavy atom. The Morgan fingerprint density at radius 2 is 1.65 bits per heavy atom. The molecular weight excluding hydrogens is 300 g/mol. The van der Waals surface area contributed by atoms with Crippen molar-refractivity contribution < 1.29 is 0 Å². The number of thioether (sulfide) groups is 1. The molecule has 0 saturated heterocycles. The number of nitrogens with two attached hydrogens (primary N) is 1. The van der Waals surface area contributed by atoms with Crippen molar-refractivity contribution in [2.24, 2.45) is 5.73 Å². The largest absolute Gasteiger partial charge is 0.327 e. The molecule has 0 amide bonds. The van der Waals surface area contributed by atoms with E-state index in [4.69, 9.17) is 10.7 Å². The summed E-state index contributed by atoms with van der Waals surface area (Å²) in [6, 6.07) is 21.0. The van der Waals surface area contributed by atoms with E-state index in [9.17, 15) is 0 Å². The number of rotatable bonds is 4. The van der Waals surface area contributed by atoms with Crippen LogP contribution in [0.25, 0.3) is 22.0 Å². The lowest BCUT2D eigenvalue weighted by atomic mass is 10.1. The fourth-order valence-corrected chi connectivity index (χ4v) is 3.46. The van der Waals surface area contributed by atoms with E-state index in [0.29, 0.717) is 0 Å². The van der Waals surface area contributed by atoms with Crippen molar-refractivity contribution in [3.05, 3.63) is 60.7 Å². The van der Waals surface area contributed by atoms with Crippen LogP contribution >= 0.6 is 11.8 Å². The highest BCUT2D eigenvalue weighted by Gasteiger charge is 2.26. The van der Waals surface area contributed by atoms with E-state index in [-0.39, 0.29) is 10.8 Å². The van der Waals surface area contributed by atoms with Crippen molar-refractivity contribution in [1.29, 1.82) is 0 Å². The Bertz CT molecular complexity index is 810. The summed E-state index contributed by atoms with van der Waals surface area (Å²) in [5.41, 5.74) is 9.55. The lowest BCUT2D eigenvalue weighted by Crippen LogP contribution is -2.37. The molecule has 0 fully saturated rings. The quantitative estimate of drug-likeness (QED) is 0.678. The molecular formula is C20H22N2S. The van der Waals surface area contributed by atoms with E-state index in [2.05, 4.69) is 69.3 Å². The molecule has 0 aliphatic carbocycles. The Morgan fingerprint density at radius 3 is 2.35 bits per heavy atom. The van der Waals surface area contributed by atoms with Crippen molar-refractivity contribution in [2.75, 3.05) is 0 Å². The van der Waals surface area contributed by atoms with Gasteiger partial charge in [-0.15, -0.1) is 0 Å². The number of aromatic nitrogens is 1. The molecule has 118 valence electrons. The summed E-state index contributed by atoms with van der Waals surface area (Å²) in [6.45, 7) is 6.40. The molecule has 23 heavy (non-hydrogen) atoms. The zero-order valence-corrected chi connectivity index (χ0v) is 14.6. The first-order valence-electron chi connectivity index (χ1n) is 7.87. The molecule has 2 nitrogen and oxygen atoms in total. The molecule has 1 unspecified atom stereocenters. The van der Waals surface area contributed by atoms with Gasteiger partial charge in [-0.05, 0) is 38.5 Å². The monoisotopic (exact) mass is 322 g/mol. The van der Waals surface area contributed by atoms with Gasteiger partial charge in [-0.25, -0.2) is 4.98 Å². The molecule has 1 atom stereocenters. The predicted octanol–water partition coefficient (Wildman–Crippen LogP) is 5.12. The second kappa shape index (κ2) is 6.34. The SMILES string of the molecule is CC(N)C(C)(C)Sc1nc2ccccc2cc1-c1ccccc1. The molecule has 0 aliphatic heterocycles. The lowest BCUT2D eigenvalue weighted by Gasteiger charge is -2.28. The maximum Gasteiger partial charge on any atom is 0.105 e. The number of para-hydroxylation sites is 1. The highest BCUT2D eigenvalue weighted by molar-refractivity contribution is 8.00. The summed E-state index contributed by atoms with van der Waals surface area (Å²) in [7, 11) is 0. The standard InChI is InChI=1S/C20H22N2S/c1-14(21)20(2,3)23-19-17(15-9-5-4-6-10-15)13-16-11-7-8-12-18(16)22-19/h4-14H,21H2,1-3H3. The summed E-state index contributed by atoms with van der Waals surface area (Å²) >= 11 is 1.75. The summed E-state index contributed by atoms with van der Waals surface area (Å²) in [5, 5.41) is 2.20. The average Bonchev–Trinajstić information content (AvgIpc) is 2.54. The fourth-order valence-electron chi connectivity index (χ4n) is 2.34. The molecule has 3 rings (SSSR count).